The Labute approximate surface area is 52.3 Å². The second kappa shape index (κ2) is 2.23. The molecular weight excluding hydrogens is 116 g/mol. The Balaban J connectivity index is 2.81. The lowest BCUT2D eigenvalue weighted by Crippen LogP contribution is -2.09. The van der Waals surface area contributed by atoms with Crippen molar-refractivity contribution in [2.45, 2.75) is 0 Å². The van der Waals surface area contributed by atoms with Crippen molar-refractivity contribution in [1.82, 2.24) is 0 Å². The summed E-state index contributed by atoms with van der Waals surface area (Å²) in [5.74, 6) is -1.03. The molecule has 1 unspecified atom stereocenters. The van der Waals surface area contributed by atoms with E-state index in [9.17, 15) is 4.79 Å². The normalized spacial score (nSPS) is 23.9. The lowest BCUT2D eigenvalue weighted by molar-refractivity contribution is -0.118. The number of hydrogen-bond acceptors (Lipinski definition) is 2. The molecule has 1 heterocycles. The van der Waals surface area contributed by atoms with Gasteiger partial charge in [0.15, 0.2) is 0 Å². The van der Waals surface area contributed by atoms with Gasteiger partial charge in [0, 0.05) is 6.21 Å². The molecule has 0 bridgehead atoms. The standard InChI is InChI=1S/C6H4N2O/c7-4-5-2-1-3-8-6(5)9/h1-3,5H. The molecule has 0 aliphatic carbocycles. The number of amides is 1. The fourth-order valence-corrected chi connectivity index (χ4v) is 0.538. The van der Waals surface area contributed by atoms with Crippen molar-refractivity contribution in [3.05, 3.63) is 12.2 Å². The highest BCUT2D eigenvalue weighted by atomic mass is 16.1. The summed E-state index contributed by atoms with van der Waals surface area (Å²) in [6.07, 6.45) is 4.50. The van der Waals surface area contributed by atoms with E-state index in [1.165, 1.54) is 12.3 Å². The number of dihydropyridines is 1. The first kappa shape index (κ1) is 5.70. The number of rotatable bonds is 0. The first-order valence-corrected chi connectivity index (χ1v) is 2.49. The zero-order chi connectivity index (χ0) is 6.69. The van der Waals surface area contributed by atoms with E-state index < -0.39 is 5.92 Å². The zero-order valence-corrected chi connectivity index (χ0v) is 4.61. The Bertz CT molecular complexity index is 222. The van der Waals surface area contributed by atoms with Gasteiger partial charge in [0.05, 0.1) is 6.07 Å². The van der Waals surface area contributed by atoms with Crippen molar-refractivity contribution in [2.24, 2.45) is 10.9 Å². The largest absolute Gasteiger partial charge is 0.271 e. The van der Waals surface area contributed by atoms with Gasteiger partial charge in [0.25, 0.3) is 5.91 Å². The maximum absolute atomic E-state index is 10.6. The number of hydrogen-bond donors (Lipinski definition) is 0. The van der Waals surface area contributed by atoms with Gasteiger partial charge in [-0.3, -0.25) is 4.79 Å². The highest BCUT2D eigenvalue weighted by molar-refractivity contribution is 5.95. The molecule has 0 saturated carbocycles. The van der Waals surface area contributed by atoms with Gasteiger partial charge in [-0.2, -0.15) is 5.26 Å². The fraction of sp³-hybridized carbons (Fsp3) is 0.167. The summed E-state index contributed by atoms with van der Waals surface area (Å²) in [5.41, 5.74) is 0. The van der Waals surface area contributed by atoms with E-state index in [1.807, 2.05) is 0 Å². The second-order valence-electron chi connectivity index (χ2n) is 1.61. The van der Waals surface area contributed by atoms with Crippen molar-refractivity contribution in [3.63, 3.8) is 0 Å². The first-order valence-electron chi connectivity index (χ1n) is 2.49. The second-order valence-corrected chi connectivity index (χ2v) is 1.61. The molecule has 0 aromatic heterocycles. The SMILES string of the molecule is N#CC1C=CC=NC1=O. The van der Waals surface area contributed by atoms with Crippen LogP contribution in [0, 0.1) is 17.2 Å². The van der Waals surface area contributed by atoms with Crippen LogP contribution in [0.3, 0.4) is 0 Å². The molecule has 0 radical (unpaired) electrons. The van der Waals surface area contributed by atoms with Crippen LogP contribution in [-0.4, -0.2) is 12.1 Å². The molecule has 9 heavy (non-hydrogen) atoms. The molecule has 0 fully saturated rings. The predicted octanol–water partition coefficient (Wildman–Crippen LogP) is 0.293. The van der Waals surface area contributed by atoms with Crippen molar-refractivity contribution in [3.8, 4) is 6.07 Å². The van der Waals surface area contributed by atoms with Crippen LogP contribution in [0.25, 0.3) is 0 Å². The fourth-order valence-electron chi connectivity index (χ4n) is 0.538. The maximum Gasteiger partial charge on any atom is 0.266 e. The van der Waals surface area contributed by atoms with E-state index in [1.54, 1.807) is 12.1 Å². The van der Waals surface area contributed by atoms with E-state index in [0.29, 0.717) is 0 Å². The molecule has 0 N–H and O–H groups in total. The Morgan fingerprint density at radius 1 is 1.78 bits per heavy atom. The Morgan fingerprint density at radius 3 is 3.00 bits per heavy atom. The number of nitriles is 1. The Morgan fingerprint density at radius 2 is 2.56 bits per heavy atom. The number of nitrogens with zero attached hydrogens (tertiary/aromatic N) is 2. The van der Waals surface area contributed by atoms with Crippen molar-refractivity contribution < 1.29 is 4.79 Å². The summed E-state index contributed by atoms with van der Waals surface area (Å²) >= 11 is 0. The minimum absolute atomic E-state index is 0.375. The first-order chi connectivity index (χ1) is 4.34. The van der Waals surface area contributed by atoms with Crippen LogP contribution < -0.4 is 0 Å². The summed E-state index contributed by atoms with van der Waals surface area (Å²) in [5, 5.41) is 8.27. The van der Waals surface area contributed by atoms with Crippen molar-refractivity contribution in [2.75, 3.05) is 0 Å². The molecule has 3 nitrogen and oxygen atoms in total. The number of allylic oxidation sites excluding steroid dienone is 1. The third kappa shape index (κ3) is 1.03. The monoisotopic (exact) mass is 120 g/mol. The Hall–Kier alpha value is -1.43. The van der Waals surface area contributed by atoms with Gasteiger partial charge in [-0.15, -0.1) is 0 Å². The van der Waals surface area contributed by atoms with Crippen LogP contribution in [-0.2, 0) is 4.79 Å². The van der Waals surface area contributed by atoms with Crippen LogP contribution in [0.4, 0.5) is 0 Å². The molecule has 0 saturated heterocycles. The average Bonchev–Trinajstić information content (AvgIpc) is 1.89. The third-order valence-electron chi connectivity index (χ3n) is 0.997. The van der Waals surface area contributed by atoms with Gasteiger partial charge in [-0.1, -0.05) is 6.08 Å². The van der Waals surface area contributed by atoms with Crippen LogP contribution in [0.15, 0.2) is 17.1 Å². The lowest BCUT2D eigenvalue weighted by Gasteiger charge is -1.98. The number of carbonyl (C=O) groups excluding carboxylic acids is 1. The lowest BCUT2D eigenvalue weighted by atomic mass is 10.1. The molecule has 1 atom stereocenters. The molecule has 1 aliphatic rings. The quantitative estimate of drug-likeness (QED) is 0.461. The number of aliphatic imine (C=N–C) groups is 1. The van der Waals surface area contributed by atoms with Crippen LogP contribution in [0.5, 0.6) is 0 Å². The number of carbonyl (C=O) groups is 1. The molecule has 1 aliphatic heterocycles. The van der Waals surface area contributed by atoms with Crippen molar-refractivity contribution in [1.29, 1.82) is 5.26 Å². The van der Waals surface area contributed by atoms with Crippen LogP contribution >= 0.6 is 0 Å². The van der Waals surface area contributed by atoms with Gasteiger partial charge in [-0.25, -0.2) is 4.99 Å². The maximum atomic E-state index is 10.6. The van der Waals surface area contributed by atoms with Gasteiger partial charge < -0.3 is 0 Å². The molecule has 0 spiro atoms. The average molecular weight is 120 g/mol. The Kier molecular flexibility index (Phi) is 1.41. The van der Waals surface area contributed by atoms with Gasteiger partial charge in [-0.05, 0) is 6.08 Å². The van der Waals surface area contributed by atoms with Crippen LogP contribution in [0.2, 0.25) is 0 Å². The van der Waals surface area contributed by atoms with E-state index in [4.69, 9.17) is 5.26 Å². The molecule has 1 rings (SSSR count). The third-order valence-corrected chi connectivity index (χ3v) is 0.997. The summed E-state index contributed by atoms with van der Waals surface area (Å²) in [6, 6.07) is 1.80. The van der Waals surface area contributed by atoms with E-state index in [-0.39, 0.29) is 5.91 Å². The summed E-state index contributed by atoms with van der Waals surface area (Å²) < 4.78 is 0. The molecule has 44 valence electrons. The molecule has 0 aromatic carbocycles. The van der Waals surface area contributed by atoms with Gasteiger partial charge >= 0.3 is 0 Å². The smallest absolute Gasteiger partial charge is 0.266 e. The van der Waals surface area contributed by atoms with Crippen molar-refractivity contribution >= 4 is 12.1 Å². The highest BCUT2D eigenvalue weighted by Gasteiger charge is 2.13. The van der Waals surface area contributed by atoms with Gasteiger partial charge in [0.1, 0.15) is 5.92 Å². The van der Waals surface area contributed by atoms with E-state index in [0.717, 1.165) is 0 Å². The molecule has 1 amide bonds. The highest BCUT2D eigenvalue weighted by Crippen LogP contribution is 2.02. The summed E-state index contributed by atoms with van der Waals surface area (Å²) in [4.78, 5) is 14.0. The zero-order valence-electron chi connectivity index (χ0n) is 4.61. The topological polar surface area (TPSA) is 53.2 Å². The van der Waals surface area contributed by atoms with Gasteiger partial charge in [0.2, 0.25) is 0 Å². The summed E-state index contributed by atoms with van der Waals surface area (Å²) in [7, 11) is 0. The predicted molar refractivity (Wildman–Crippen MR) is 31.7 cm³/mol. The minimum Gasteiger partial charge on any atom is -0.271 e. The molecule has 3 heteroatoms. The molecule has 0 aromatic rings. The van der Waals surface area contributed by atoms with E-state index in [2.05, 4.69) is 4.99 Å². The van der Waals surface area contributed by atoms with Crippen LogP contribution in [0.1, 0.15) is 0 Å². The molecular formula is C6H4N2O. The summed E-state index contributed by atoms with van der Waals surface area (Å²) in [6.45, 7) is 0. The minimum atomic E-state index is -0.657. The van der Waals surface area contributed by atoms with E-state index >= 15 is 0 Å².